The Bertz CT molecular complexity index is 990. The molecule has 0 spiro atoms. The largest absolute Gasteiger partial charge is 0.326 e. The second-order valence-electron chi connectivity index (χ2n) is 6.40. The highest BCUT2D eigenvalue weighted by molar-refractivity contribution is 7.89. The quantitative estimate of drug-likeness (QED) is 0.757. The molecule has 1 aliphatic heterocycles. The standard InChI is InChI=1S/C18H16Cl2F2N2O3S/c19-12-7-13(20)9-14(8-12)23-18(25)11-3-5-24(6-4-11)28(26,27)15-1-2-16(21)17(22)10-15/h1-2,7-11H,3-6H2,(H,23,25). The highest BCUT2D eigenvalue weighted by Gasteiger charge is 2.32. The SMILES string of the molecule is O=C(Nc1cc(Cl)cc(Cl)c1)C1CCN(S(=O)(=O)c2ccc(F)c(F)c2)CC1. The number of hydrogen-bond donors (Lipinski definition) is 1. The molecular weight excluding hydrogens is 433 g/mol. The number of halogens is 4. The molecule has 0 bridgehead atoms. The molecule has 1 saturated heterocycles. The van der Waals surface area contributed by atoms with Crippen molar-refractivity contribution in [2.24, 2.45) is 5.92 Å². The van der Waals surface area contributed by atoms with E-state index in [0.29, 0.717) is 34.6 Å². The first-order valence-electron chi connectivity index (χ1n) is 8.39. The predicted octanol–water partition coefficient (Wildman–Crippen LogP) is 4.31. The van der Waals surface area contributed by atoms with Gasteiger partial charge in [-0.1, -0.05) is 23.2 Å². The van der Waals surface area contributed by atoms with Gasteiger partial charge in [0.15, 0.2) is 11.6 Å². The van der Waals surface area contributed by atoms with E-state index in [1.54, 1.807) is 18.2 Å². The maximum Gasteiger partial charge on any atom is 0.243 e. The van der Waals surface area contributed by atoms with Crippen LogP contribution in [0.3, 0.4) is 0 Å². The third-order valence-corrected chi connectivity index (χ3v) is 6.81. The summed E-state index contributed by atoms with van der Waals surface area (Å²) >= 11 is 11.8. The fourth-order valence-corrected chi connectivity index (χ4v) is 5.02. The number of amides is 1. The zero-order chi connectivity index (χ0) is 20.5. The Kier molecular flexibility index (Phi) is 6.24. The lowest BCUT2D eigenvalue weighted by Crippen LogP contribution is -2.41. The number of carbonyl (C=O) groups is 1. The Morgan fingerprint density at radius 3 is 2.18 bits per heavy atom. The number of hydrogen-bond acceptors (Lipinski definition) is 3. The van der Waals surface area contributed by atoms with Gasteiger partial charge in [-0.2, -0.15) is 4.31 Å². The average molecular weight is 449 g/mol. The Morgan fingerprint density at radius 2 is 1.61 bits per heavy atom. The van der Waals surface area contributed by atoms with Crippen LogP contribution in [-0.2, 0) is 14.8 Å². The van der Waals surface area contributed by atoms with Crippen LogP contribution in [0.1, 0.15) is 12.8 Å². The number of anilines is 1. The number of piperidine rings is 1. The molecule has 1 N–H and O–H groups in total. The molecule has 0 atom stereocenters. The molecule has 0 unspecified atom stereocenters. The van der Waals surface area contributed by atoms with Crippen molar-refractivity contribution in [3.8, 4) is 0 Å². The average Bonchev–Trinajstić information content (AvgIpc) is 2.63. The lowest BCUT2D eigenvalue weighted by molar-refractivity contribution is -0.120. The van der Waals surface area contributed by atoms with Gasteiger partial charge < -0.3 is 5.32 Å². The van der Waals surface area contributed by atoms with E-state index in [-0.39, 0.29) is 23.9 Å². The summed E-state index contributed by atoms with van der Waals surface area (Å²) in [5.41, 5.74) is 0.458. The molecule has 0 aromatic heterocycles. The minimum atomic E-state index is -3.96. The molecule has 0 aliphatic carbocycles. The number of benzene rings is 2. The van der Waals surface area contributed by atoms with Gasteiger partial charge in [0.2, 0.25) is 15.9 Å². The van der Waals surface area contributed by atoms with Crippen molar-refractivity contribution in [1.29, 1.82) is 0 Å². The van der Waals surface area contributed by atoms with Gasteiger partial charge in [-0.05, 0) is 49.2 Å². The third-order valence-electron chi connectivity index (χ3n) is 4.48. The van der Waals surface area contributed by atoms with Crippen molar-refractivity contribution in [2.45, 2.75) is 17.7 Å². The van der Waals surface area contributed by atoms with Crippen LogP contribution in [0.25, 0.3) is 0 Å². The van der Waals surface area contributed by atoms with Crippen LogP contribution in [-0.4, -0.2) is 31.7 Å². The summed E-state index contributed by atoms with van der Waals surface area (Å²) in [5.74, 6) is -3.00. The van der Waals surface area contributed by atoms with Crippen LogP contribution < -0.4 is 5.32 Å². The highest BCUT2D eigenvalue weighted by Crippen LogP contribution is 2.27. The lowest BCUT2D eigenvalue weighted by Gasteiger charge is -2.30. The first-order chi connectivity index (χ1) is 13.2. The van der Waals surface area contributed by atoms with Crippen molar-refractivity contribution >= 4 is 44.8 Å². The molecule has 0 radical (unpaired) electrons. The summed E-state index contributed by atoms with van der Waals surface area (Å²) in [7, 11) is -3.96. The Hall–Kier alpha value is -1.74. The van der Waals surface area contributed by atoms with Crippen LogP contribution in [0.4, 0.5) is 14.5 Å². The number of nitrogens with zero attached hydrogens (tertiary/aromatic N) is 1. The molecule has 1 aliphatic rings. The molecule has 10 heteroatoms. The van der Waals surface area contributed by atoms with Gasteiger partial charge in [0.1, 0.15) is 0 Å². The first-order valence-corrected chi connectivity index (χ1v) is 10.6. The smallest absolute Gasteiger partial charge is 0.243 e. The van der Waals surface area contributed by atoms with Crippen molar-refractivity contribution < 1.29 is 22.0 Å². The van der Waals surface area contributed by atoms with E-state index in [9.17, 15) is 22.0 Å². The first kappa shape index (κ1) is 21.0. The Labute approximate surface area is 171 Å². The van der Waals surface area contributed by atoms with Crippen LogP contribution in [0.15, 0.2) is 41.3 Å². The highest BCUT2D eigenvalue weighted by atomic mass is 35.5. The van der Waals surface area contributed by atoms with E-state index >= 15 is 0 Å². The minimum absolute atomic E-state index is 0.0930. The van der Waals surface area contributed by atoms with Gasteiger partial charge in [-0.25, -0.2) is 17.2 Å². The van der Waals surface area contributed by atoms with Crippen molar-refractivity contribution in [3.63, 3.8) is 0 Å². The fraction of sp³-hybridized carbons (Fsp3) is 0.278. The van der Waals surface area contributed by atoms with Gasteiger partial charge in [0.05, 0.1) is 4.90 Å². The van der Waals surface area contributed by atoms with E-state index in [1.165, 1.54) is 4.31 Å². The number of carbonyl (C=O) groups excluding carboxylic acids is 1. The van der Waals surface area contributed by atoms with Gasteiger partial charge in [0.25, 0.3) is 0 Å². The van der Waals surface area contributed by atoms with E-state index in [1.807, 2.05) is 0 Å². The summed E-state index contributed by atoms with van der Waals surface area (Å²) < 4.78 is 52.8. The van der Waals surface area contributed by atoms with Crippen molar-refractivity contribution in [2.75, 3.05) is 18.4 Å². The van der Waals surface area contributed by atoms with Gasteiger partial charge in [-0.3, -0.25) is 4.79 Å². The zero-order valence-corrected chi connectivity index (χ0v) is 16.8. The molecular formula is C18H16Cl2F2N2O3S. The summed E-state index contributed by atoms with van der Waals surface area (Å²) in [4.78, 5) is 12.1. The molecule has 0 saturated carbocycles. The van der Waals surface area contributed by atoms with E-state index in [4.69, 9.17) is 23.2 Å². The molecule has 1 amide bonds. The Morgan fingerprint density at radius 1 is 1.00 bits per heavy atom. The van der Waals surface area contributed by atoms with Gasteiger partial charge >= 0.3 is 0 Å². The van der Waals surface area contributed by atoms with Crippen LogP contribution in [0.2, 0.25) is 10.0 Å². The molecule has 1 heterocycles. The number of rotatable bonds is 4. The maximum absolute atomic E-state index is 13.4. The third kappa shape index (κ3) is 4.63. The summed E-state index contributed by atoms with van der Waals surface area (Å²) in [6.07, 6.45) is 0.589. The number of sulfonamides is 1. The van der Waals surface area contributed by atoms with Gasteiger partial charge in [-0.15, -0.1) is 0 Å². The molecule has 2 aromatic carbocycles. The summed E-state index contributed by atoms with van der Waals surface area (Å²) in [5, 5.41) is 3.49. The lowest BCUT2D eigenvalue weighted by atomic mass is 9.97. The topological polar surface area (TPSA) is 66.5 Å². The Balaban J connectivity index is 1.64. The van der Waals surface area contributed by atoms with E-state index in [2.05, 4.69) is 5.32 Å². The van der Waals surface area contributed by atoms with Crippen LogP contribution in [0.5, 0.6) is 0 Å². The zero-order valence-electron chi connectivity index (χ0n) is 14.5. The minimum Gasteiger partial charge on any atom is -0.326 e. The molecule has 5 nitrogen and oxygen atoms in total. The molecule has 150 valence electrons. The second-order valence-corrected chi connectivity index (χ2v) is 9.21. The predicted molar refractivity (Wildman–Crippen MR) is 103 cm³/mol. The monoisotopic (exact) mass is 448 g/mol. The normalized spacial score (nSPS) is 16.1. The fourth-order valence-electron chi connectivity index (χ4n) is 3.02. The van der Waals surface area contributed by atoms with Crippen LogP contribution >= 0.6 is 23.2 Å². The van der Waals surface area contributed by atoms with Gasteiger partial charge in [0, 0.05) is 34.7 Å². The molecule has 3 rings (SSSR count). The maximum atomic E-state index is 13.4. The summed E-state index contributed by atoms with van der Waals surface area (Å²) in [6, 6.07) is 7.13. The molecule has 2 aromatic rings. The van der Waals surface area contributed by atoms with E-state index in [0.717, 1.165) is 12.1 Å². The van der Waals surface area contributed by atoms with Crippen molar-refractivity contribution in [1.82, 2.24) is 4.31 Å². The second kappa shape index (κ2) is 8.32. The van der Waals surface area contributed by atoms with Crippen LogP contribution in [0, 0.1) is 17.6 Å². The number of nitrogens with one attached hydrogen (secondary N) is 1. The molecule has 28 heavy (non-hydrogen) atoms. The van der Waals surface area contributed by atoms with E-state index < -0.39 is 27.6 Å². The molecule has 1 fully saturated rings. The summed E-state index contributed by atoms with van der Waals surface area (Å²) in [6.45, 7) is 0.186. The van der Waals surface area contributed by atoms with Crippen molar-refractivity contribution in [3.05, 3.63) is 58.1 Å².